The number of halogens is 3. The highest BCUT2D eigenvalue weighted by Gasteiger charge is 2.63. The van der Waals surface area contributed by atoms with E-state index in [1.165, 1.54) is 6.07 Å². The molecule has 0 radical (unpaired) electrons. The molecule has 94 valence electrons. The largest absolute Gasteiger partial charge is 0.411 e. The van der Waals surface area contributed by atoms with E-state index in [0.717, 1.165) is 0 Å². The van der Waals surface area contributed by atoms with Gasteiger partial charge in [0.05, 0.1) is 0 Å². The molecule has 1 aliphatic rings. The van der Waals surface area contributed by atoms with Crippen molar-refractivity contribution in [2.45, 2.75) is 31.5 Å². The summed E-state index contributed by atoms with van der Waals surface area (Å²) in [5.41, 5.74) is -1.79. The van der Waals surface area contributed by atoms with E-state index in [9.17, 15) is 13.2 Å². The molecule has 1 aromatic rings. The van der Waals surface area contributed by atoms with E-state index >= 15 is 0 Å². The summed E-state index contributed by atoms with van der Waals surface area (Å²) in [4.78, 5) is 7.98. The van der Waals surface area contributed by atoms with Gasteiger partial charge in [-0.2, -0.15) is 13.2 Å². The maximum atomic E-state index is 12.7. The maximum Gasteiger partial charge on any atom is 0.411 e. The summed E-state index contributed by atoms with van der Waals surface area (Å²) >= 11 is 0. The van der Waals surface area contributed by atoms with Crippen molar-refractivity contribution in [3.63, 3.8) is 0 Å². The van der Waals surface area contributed by atoms with Crippen LogP contribution in [0.2, 0.25) is 0 Å². The molecule has 2 N–H and O–H groups in total. The Morgan fingerprint density at radius 1 is 1.24 bits per heavy atom. The zero-order valence-electron chi connectivity index (χ0n) is 9.52. The van der Waals surface area contributed by atoms with E-state index in [2.05, 4.69) is 20.6 Å². The van der Waals surface area contributed by atoms with Crippen molar-refractivity contribution < 1.29 is 13.2 Å². The van der Waals surface area contributed by atoms with Gasteiger partial charge in [0.1, 0.15) is 23.0 Å². The van der Waals surface area contributed by atoms with Gasteiger partial charge >= 0.3 is 6.18 Å². The second-order valence-electron chi connectivity index (χ2n) is 4.14. The average molecular weight is 246 g/mol. The molecule has 0 amide bonds. The van der Waals surface area contributed by atoms with Crippen LogP contribution in [0, 0.1) is 6.92 Å². The van der Waals surface area contributed by atoms with Crippen LogP contribution in [0.4, 0.5) is 24.8 Å². The molecule has 1 fully saturated rings. The number of hydrogen-bond donors (Lipinski definition) is 2. The fraction of sp³-hybridized carbons (Fsp3) is 0.600. The highest BCUT2D eigenvalue weighted by atomic mass is 19.4. The fourth-order valence-electron chi connectivity index (χ4n) is 1.61. The standard InChI is InChI=1S/C10H13F3N4/c1-6-15-7(14-2)5-8(16-6)17-9(3-4-9)10(11,12)13/h5H,3-4H2,1-2H3,(H2,14,15,16,17). The molecule has 4 nitrogen and oxygen atoms in total. The van der Waals surface area contributed by atoms with Crippen LogP contribution in [0.3, 0.4) is 0 Å². The Balaban J connectivity index is 2.22. The van der Waals surface area contributed by atoms with Crippen LogP contribution in [-0.2, 0) is 0 Å². The van der Waals surface area contributed by atoms with Gasteiger partial charge in [0.25, 0.3) is 0 Å². The molecule has 17 heavy (non-hydrogen) atoms. The van der Waals surface area contributed by atoms with Crippen LogP contribution >= 0.6 is 0 Å². The van der Waals surface area contributed by atoms with Crippen LogP contribution in [0.15, 0.2) is 6.07 Å². The molecule has 1 saturated carbocycles. The molecule has 0 aliphatic heterocycles. The smallest absolute Gasteiger partial charge is 0.373 e. The highest BCUT2D eigenvalue weighted by Crippen LogP contribution is 2.51. The topological polar surface area (TPSA) is 49.8 Å². The summed E-state index contributed by atoms with van der Waals surface area (Å²) < 4.78 is 38.2. The number of anilines is 2. The van der Waals surface area contributed by atoms with E-state index in [1.54, 1.807) is 14.0 Å². The van der Waals surface area contributed by atoms with E-state index in [1.807, 2.05) is 0 Å². The van der Waals surface area contributed by atoms with Gasteiger partial charge in [-0.1, -0.05) is 0 Å². The summed E-state index contributed by atoms with van der Waals surface area (Å²) in [6.45, 7) is 1.64. The predicted octanol–water partition coefficient (Wildman–Crippen LogP) is 2.33. The first kappa shape index (κ1) is 11.9. The van der Waals surface area contributed by atoms with Gasteiger partial charge in [0, 0.05) is 13.1 Å². The van der Waals surface area contributed by atoms with Crippen molar-refractivity contribution in [2.24, 2.45) is 0 Å². The van der Waals surface area contributed by atoms with Crippen LogP contribution in [0.5, 0.6) is 0 Å². The minimum atomic E-state index is -4.24. The van der Waals surface area contributed by atoms with Gasteiger partial charge in [0.15, 0.2) is 0 Å². The minimum absolute atomic E-state index is 0.0917. The van der Waals surface area contributed by atoms with E-state index < -0.39 is 11.7 Å². The molecule has 1 heterocycles. The zero-order valence-corrected chi connectivity index (χ0v) is 9.52. The molecule has 7 heteroatoms. The number of aryl methyl sites for hydroxylation is 1. The van der Waals surface area contributed by atoms with Crippen molar-refractivity contribution in [1.29, 1.82) is 0 Å². The van der Waals surface area contributed by atoms with Crippen LogP contribution in [0.1, 0.15) is 18.7 Å². The Bertz CT molecular complexity index is 426. The fourth-order valence-corrected chi connectivity index (χ4v) is 1.61. The van der Waals surface area contributed by atoms with Gasteiger partial charge in [-0.3, -0.25) is 0 Å². The van der Waals surface area contributed by atoms with Crippen LogP contribution in [-0.4, -0.2) is 28.7 Å². The molecule has 0 aromatic carbocycles. The molecule has 2 rings (SSSR count). The number of nitrogens with zero attached hydrogens (tertiary/aromatic N) is 2. The lowest BCUT2D eigenvalue weighted by Crippen LogP contribution is -2.39. The summed E-state index contributed by atoms with van der Waals surface area (Å²) in [6.07, 6.45) is -4.06. The van der Waals surface area contributed by atoms with Gasteiger partial charge in [-0.25, -0.2) is 9.97 Å². The first-order valence-corrected chi connectivity index (χ1v) is 5.25. The van der Waals surface area contributed by atoms with E-state index in [4.69, 9.17) is 0 Å². The molecule has 0 atom stereocenters. The Hall–Kier alpha value is -1.53. The van der Waals surface area contributed by atoms with Gasteiger partial charge in [0.2, 0.25) is 0 Å². The third-order valence-electron chi connectivity index (χ3n) is 2.75. The third kappa shape index (κ3) is 2.27. The Morgan fingerprint density at radius 2 is 1.82 bits per heavy atom. The van der Waals surface area contributed by atoms with Gasteiger partial charge in [-0.05, 0) is 19.8 Å². The van der Waals surface area contributed by atoms with Crippen LogP contribution < -0.4 is 10.6 Å². The molecule has 0 spiro atoms. The molecule has 0 unspecified atom stereocenters. The second-order valence-corrected chi connectivity index (χ2v) is 4.14. The lowest BCUT2D eigenvalue weighted by atomic mass is 10.2. The average Bonchev–Trinajstić information content (AvgIpc) is 2.97. The second kappa shape index (κ2) is 3.75. The number of aromatic nitrogens is 2. The lowest BCUT2D eigenvalue weighted by molar-refractivity contribution is -0.151. The third-order valence-corrected chi connectivity index (χ3v) is 2.75. The Kier molecular flexibility index (Phi) is 2.63. The first-order valence-electron chi connectivity index (χ1n) is 5.25. The van der Waals surface area contributed by atoms with E-state index in [-0.39, 0.29) is 18.7 Å². The van der Waals surface area contributed by atoms with Crippen molar-refractivity contribution >= 4 is 11.6 Å². The van der Waals surface area contributed by atoms with Gasteiger partial charge < -0.3 is 10.6 Å². The maximum absolute atomic E-state index is 12.7. The Morgan fingerprint density at radius 3 is 2.29 bits per heavy atom. The van der Waals surface area contributed by atoms with Crippen molar-refractivity contribution in [3.8, 4) is 0 Å². The number of nitrogens with one attached hydrogen (secondary N) is 2. The molecule has 1 aromatic heterocycles. The zero-order chi connectivity index (χ0) is 12.7. The van der Waals surface area contributed by atoms with Crippen LogP contribution in [0.25, 0.3) is 0 Å². The summed E-state index contributed by atoms with van der Waals surface area (Å²) in [5.74, 6) is 1.13. The summed E-state index contributed by atoms with van der Waals surface area (Å²) in [7, 11) is 1.65. The predicted molar refractivity (Wildman–Crippen MR) is 58.0 cm³/mol. The number of rotatable bonds is 3. The normalized spacial score (nSPS) is 17.7. The quantitative estimate of drug-likeness (QED) is 0.859. The molecular formula is C10H13F3N4. The monoisotopic (exact) mass is 246 g/mol. The molecule has 0 saturated heterocycles. The highest BCUT2D eigenvalue weighted by molar-refractivity contribution is 5.50. The SMILES string of the molecule is CNc1cc(NC2(C(F)(F)F)CC2)nc(C)n1. The van der Waals surface area contributed by atoms with Crippen molar-refractivity contribution in [2.75, 3.05) is 17.7 Å². The van der Waals surface area contributed by atoms with Gasteiger partial charge in [-0.15, -0.1) is 0 Å². The first-order chi connectivity index (χ1) is 7.86. The molecular weight excluding hydrogens is 233 g/mol. The van der Waals surface area contributed by atoms with Crippen molar-refractivity contribution in [1.82, 2.24) is 9.97 Å². The molecule has 1 aliphatic carbocycles. The minimum Gasteiger partial charge on any atom is -0.373 e. The molecule has 0 bridgehead atoms. The lowest BCUT2D eigenvalue weighted by Gasteiger charge is -2.21. The number of alkyl halides is 3. The summed E-state index contributed by atoms with van der Waals surface area (Å²) in [6, 6.07) is 1.47. The van der Waals surface area contributed by atoms with E-state index in [0.29, 0.717) is 11.6 Å². The Labute approximate surface area is 96.7 Å². The summed E-state index contributed by atoms with van der Waals surface area (Å²) in [5, 5.41) is 5.25. The number of hydrogen-bond acceptors (Lipinski definition) is 4. The van der Waals surface area contributed by atoms with Crippen molar-refractivity contribution in [3.05, 3.63) is 11.9 Å².